The van der Waals surface area contributed by atoms with Crippen LogP contribution in [0.3, 0.4) is 0 Å². The van der Waals surface area contributed by atoms with Crippen molar-refractivity contribution in [2.45, 2.75) is 65.6 Å². The molecule has 8 nitrogen and oxygen atoms in total. The zero-order chi connectivity index (χ0) is 23.3. The lowest BCUT2D eigenvalue weighted by Gasteiger charge is -2.37. The summed E-state index contributed by atoms with van der Waals surface area (Å²) in [4.78, 5) is 45.4. The lowest BCUT2D eigenvalue weighted by molar-refractivity contribution is -0.185. The Labute approximate surface area is 177 Å². The van der Waals surface area contributed by atoms with E-state index in [9.17, 15) is 19.2 Å². The molecule has 2 aliphatic heterocycles. The Hall–Kier alpha value is -2.64. The Kier molecular flexibility index (Phi) is 8.39. The lowest BCUT2D eigenvalue weighted by Crippen LogP contribution is -2.47. The molecule has 0 aromatic rings. The van der Waals surface area contributed by atoms with Crippen LogP contribution in [0.15, 0.2) is 24.3 Å². The Morgan fingerprint density at radius 3 is 1.40 bits per heavy atom. The fourth-order valence-corrected chi connectivity index (χ4v) is 2.77. The maximum Gasteiger partial charge on any atom is 0.333 e. The molecule has 8 heteroatoms. The molecule has 0 bridgehead atoms. The van der Waals surface area contributed by atoms with Crippen molar-refractivity contribution in [3.63, 3.8) is 0 Å². The normalized spacial score (nSPS) is 30.6. The average molecular weight is 424 g/mol. The molecular weight excluding hydrogens is 392 g/mol. The highest BCUT2D eigenvalue weighted by molar-refractivity contribution is 5.88. The maximum absolute atomic E-state index is 11.4. The molecular formula is C22H32O8. The summed E-state index contributed by atoms with van der Waals surface area (Å²) in [5.74, 6) is -2.43. The Morgan fingerprint density at radius 2 is 1.13 bits per heavy atom. The van der Waals surface area contributed by atoms with Crippen molar-refractivity contribution in [2.75, 3.05) is 13.2 Å². The van der Waals surface area contributed by atoms with Crippen LogP contribution in [0.4, 0.5) is 0 Å². The van der Waals surface area contributed by atoms with Crippen LogP contribution in [-0.4, -0.2) is 48.3 Å². The standard InChI is InChI=1S/2C11H16O4/c2*1-7(2)9(12)15-11(4)5-6-14-10(13)8(11)3/h2*8H,1,5-6H2,2-4H3/t8-,11+;8-,11-/m00/s1. The predicted octanol–water partition coefficient (Wildman–Crippen LogP) is 2.89. The summed E-state index contributed by atoms with van der Waals surface area (Å²) in [6.07, 6.45) is 1.05. The number of esters is 4. The minimum atomic E-state index is -0.772. The van der Waals surface area contributed by atoms with Crippen molar-refractivity contribution in [1.29, 1.82) is 0 Å². The molecule has 0 amide bonds. The number of carbonyl (C=O) groups is 4. The van der Waals surface area contributed by atoms with E-state index in [0.29, 0.717) is 37.2 Å². The maximum atomic E-state index is 11.4. The second-order valence-corrected chi connectivity index (χ2v) is 8.24. The first-order valence-electron chi connectivity index (χ1n) is 9.84. The highest BCUT2D eigenvalue weighted by Crippen LogP contribution is 2.32. The van der Waals surface area contributed by atoms with Gasteiger partial charge in [-0.05, 0) is 41.5 Å². The average Bonchev–Trinajstić information content (AvgIpc) is 2.64. The molecule has 0 saturated carbocycles. The first-order chi connectivity index (χ1) is 13.7. The predicted molar refractivity (Wildman–Crippen MR) is 108 cm³/mol. The largest absolute Gasteiger partial charge is 0.465 e. The third kappa shape index (κ3) is 6.18. The van der Waals surface area contributed by atoms with E-state index in [1.807, 2.05) is 0 Å². The van der Waals surface area contributed by atoms with Crippen LogP contribution in [0.2, 0.25) is 0 Å². The number of carbonyl (C=O) groups excluding carboxylic acids is 4. The summed E-state index contributed by atoms with van der Waals surface area (Å²) >= 11 is 0. The molecule has 0 N–H and O–H groups in total. The van der Waals surface area contributed by atoms with Gasteiger partial charge in [-0.1, -0.05) is 13.2 Å². The summed E-state index contributed by atoms with van der Waals surface area (Å²) in [6, 6.07) is 0. The molecule has 2 fully saturated rings. The molecule has 0 spiro atoms. The Morgan fingerprint density at radius 1 is 0.833 bits per heavy atom. The summed E-state index contributed by atoms with van der Waals surface area (Å²) < 4.78 is 20.3. The lowest BCUT2D eigenvalue weighted by atomic mass is 9.86. The molecule has 4 atom stereocenters. The van der Waals surface area contributed by atoms with Crippen molar-refractivity contribution in [3.8, 4) is 0 Å². The summed E-state index contributed by atoms with van der Waals surface area (Å²) in [5, 5.41) is 0. The molecule has 0 unspecified atom stereocenters. The van der Waals surface area contributed by atoms with E-state index in [1.54, 1.807) is 41.5 Å². The van der Waals surface area contributed by atoms with E-state index in [1.165, 1.54) is 0 Å². The van der Waals surface area contributed by atoms with Crippen molar-refractivity contribution in [2.24, 2.45) is 11.8 Å². The van der Waals surface area contributed by atoms with Gasteiger partial charge in [-0.15, -0.1) is 0 Å². The SMILES string of the molecule is C=C(C)C(=O)O[C@@]1(C)CCOC(=O)[C@@H]1C.C=C(C)C(=O)O[C@]1(C)CCOC(=O)[C@@H]1C. The van der Waals surface area contributed by atoms with Crippen LogP contribution in [0, 0.1) is 11.8 Å². The molecule has 0 radical (unpaired) electrons. The number of cyclic esters (lactones) is 2. The molecule has 168 valence electrons. The van der Waals surface area contributed by atoms with Gasteiger partial charge in [0, 0.05) is 24.0 Å². The van der Waals surface area contributed by atoms with Crippen LogP contribution in [0.1, 0.15) is 54.4 Å². The van der Waals surface area contributed by atoms with Crippen molar-refractivity contribution < 1.29 is 38.1 Å². The zero-order valence-electron chi connectivity index (χ0n) is 18.7. The monoisotopic (exact) mass is 424 g/mol. The topological polar surface area (TPSA) is 105 Å². The van der Waals surface area contributed by atoms with E-state index >= 15 is 0 Å². The highest BCUT2D eigenvalue weighted by atomic mass is 16.6. The summed E-state index contributed by atoms with van der Waals surface area (Å²) in [5.41, 5.74) is -0.874. The van der Waals surface area contributed by atoms with E-state index in [-0.39, 0.29) is 11.9 Å². The molecule has 2 aliphatic rings. The van der Waals surface area contributed by atoms with Crippen molar-refractivity contribution in [3.05, 3.63) is 24.3 Å². The second kappa shape index (κ2) is 9.91. The first kappa shape index (κ1) is 25.4. The molecule has 0 aliphatic carbocycles. The third-order valence-corrected chi connectivity index (χ3v) is 5.57. The van der Waals surface area contributed by atoms with Gasteiger partial charge in [-0.25, -0.2) is 9.59 Å². The van der Waals surface area contributed by atoms with Gasteiger partial charge in [0.25, 0.3) is 0 Å². The highest BCUT2D eigenvalue weighted by Gasteiger charge is 2.44. The van der Waals surface area contributed by atoms with Gasteiger partial charge in [0.15, 0.2) is 0 Å². The van der Waals surface area contributed by atoms with E-state index in [2.05, 4.69) is 13.2 Å². The summed E-state index contributed by atoms with van der Waals surface area (Å²) in [6.45, 7) is 17.7. The Bertz CT molecular complexity index is 677. The molecule has 2 heterocycles. The van der Waals surface area contributed by atoms with E-state index < -0.39 is 35.0 Å². The first-order valence-corrected chi connectivity index (χ1v) is 9.84. The van der Waals surface area contributed by atoms with Gasteiger partial charge in [0.2, 0.25) is 0 Å². The van der Waals surface area contributed by atoms with Gasteiger partial charge in [0.05, 0.1) is 25.0 Å². The summed E-state index contributed by atoms with van der Waals surface area (Å²) in [7, 11) is 0. The van der Waals surface area contributed by atoms with Gasteiger partial charge in [0.1, 0.15) is 11.2 Å². The minimum absolute atomic E-state index is 0.295. The van der Waals surface area contributed by atoms with Gasteiger partial charge >= 0.3 is 23.9 Å². The van der Waals surface area contributed by atoms with Crippen LogP contribution >= 0.6 is 0 Å². The zero-order valence-corrected chi connectivity index (χ0v) is 18.7. The molecule has 2 rings (SSSR count). The molecule has 0 aromatic heterocycles. The second-order valence-electron chi connectivity index (χ2n) is 8.24. The minimum Gasteiger partial charge on any atom is -0.465 e. The van der Waals surface area contributed by atoms with Gasteiger partial charge < -0.3 is 18.9 Å². The van der Waals surface area contributed by atoms with Crippen molar-refractivity contribution >= 4 is 23.9 Å². The van der Waals surface area contributed by atoms with Crippen LogP contribution in [-0.2, 0) is 38.1 Å². The van der Waals surface area contributed by atoms with Crippen LogP contribution < -0.4 is 0 Å². The van der Waals surface area contributed by atoms with Gasteiger partial charge in [-0.2, -0.15) is 0 Å². The number of ether oxygens (including phenoxy) is 4. The fourth-order valence-electron chi connectivity index (χ4n) is 2.77. The third-order valence-electron chi connectivity index (χ3n) is 5.57. The number of hydrogen-bond acceptors (Lipinski definition) is 8. The smallest absolute Gasteiger partial charge is 0.333 e. The molecule has 0 aromatic carbocycles. The number of hydrogen-bond donors (Lipinski definition) is 0. The van der Waals surface area contributed by atoms with Crippen molar-refractivity contribution in [1.82, 2.24) is 0 Å². The fraction of sp³-hybridized carbons (Fsp3) is 0.636. The van der Waals surface area contributed by atoms with E-state index in [0.717, 1.165) is 0 Å². The number of rotatable bonds is 4. The molecule has 2 saturated heterocycles. The van der Waals surface area contributed by atoms with E-state index in [4.69, 9.17) is 18.9 Å². The van der Waals surface area contributed by atoms with Crippen LogP contribution in [0.5, 0.6) is 0 Å². The quantitative estimate of drug-likeness (QED) is 0.385. The Balaban J connectivity index is 0.000000300. The van der Waals surface area contributed by atoms with Crippen LogP contribution in [0.25, 0.3) is 0 Å². The van der Waals surface area contributed by atoms with Gasteiger partial charge in [-0.3, -0.25) is 9.59 Å². The molecule has 30 heavy (non-hydrogen) atoms.